The molecule has 4 rings (SSSR count). The minimum atomic E-state index is 0.480. The fourth-order valence-electron chi connectivity index (χ4n) is 5.37. The molecule has 0 saturated carbocycles. The molecule has 0 spiro atoms. The Bertz CT molecular complexity index is 1010. The van der Waals surface area contributed by atoms with Gasteiger partial charge in [0.25, 0.3) is 0 Å². The van der Waals surface area contributed by atoms with Crippen molar-refractivity contribution in [2.45, 2.75) is 64.8 Å². The Hall–Kier alpha value is -2.64. The van der Waals surface area contributed by atoms with E-state index in [0.29, 0.717) is 12.0 Å². The van der Waals surface area contributed by atoms with E-state index in [4.69, 9.17) is 0 Å². The first kappa shape index (κ1) is 23.5. The lowest BCUT2D eigenvalue weighted by molar-refractivity contribution is 0.190. The highest BCUT2D eigenvalue weighted by atomic mass is 15.1. The molecule has 0 heterocycles. The topological polar surface area (TPSA) is 3.24 Å². The fourth-order valence-corrected chi connectivity index (χ4v) is 5.37. The summed E-state index contributed by atoms with van der Waals surface area (Å²) in [6, 6.07) is 27.5. The van der Waals surface area contributed by atoms with Crippen LogP contribution >= 0.6 is 0 Å². The first-order valence-electron chi connectivity index (χ1n) is 12.7. The molecule has 1 aliphatic rings. The quantitative estimate of drug-likeness (QED) is 0.298. The van der Waals surface area contributed by atoms with Gasteiger partial charge in [0, 0.05) is 12.0 Å². The third kappa shape index (κ3) is 6.45. The van der Waals surface area contributed by atoms with Gasteiger partial charge in [-0.05, 0) is 88.2 Å². The fraction of sp³-hybridized carbons (Fsp3) is 0.375. The summed E-state index contributed by atoms with van der Waals surface area (Å²) in [5.41, 5.74) is 8.67. The minimum Gasteiger partial charge on any atom is -0.300 e. The number of benzene rings is 3. The standard InChI is InChI=1S/C32H39N/c1-25-11-6-13-28(23-25)15-9-21-33(22-10-16-29-14-7-12-26(2)24-29)27(3)31-20-8-18-30-17-4-5-19-32(30)31/h4-8,11-14,17,19-20,23-24,27,31H,9-10,15-16,18,21-22H2,1-3H3. The molecule has 0 aliphatic heterocycles. The Morgan fingerprint density at radius 2 is 1.39 bits per heavy atom. The molecule has 0 N–H and O–H groups in total. The van der Waals surface area contributed by atoms with Crippen molar-refractivity contribution in [3.05, 3.63) is 118 Å². The second-order valence-electron chi connectivity index (χ2n) is 9.82. The van der Waals surface area contributed by atoms with Crippen LogP contribution in [-0.4, -0.2) is 24.0 Å². The van der Waals surface area contributed by atoms with Crippen LogP contribution in [0.3, 0.4) is 0 Å². The first-order valence-corrected chi connectivity index (χ1v) is 12.7. The van der Waals surface area contributed by atoms with Crippen molar-refractivity contribution in [2.75, 3.05) is 13.1 Å². The zero-order chi connectivity index (χ0) is 23.0. The van der Waals surface area contributed by atoms with Crippen molar-refractivity contribution >= 4 is 0 Å². The molecule has 1 aliphatic carbocycles. The summed E-state index contributed by atoms with van der Waals surface area (Å²) in [4.78, 5) is 2.75. The van der Waals surface area contributed by atoms with Crippen LogP contribution in [0.25, 0.3) is 0 Å². The average Bonchev–Trinajstić information content (AvgIpc) is 2.82. The summed E-state index contributed by atoms with van der Waals surface area (Å²) in [5, 5.41) is 0. The largest absolute Gasteiger partial charge is 0.300 e. The molecular weight excluding hydrogens is 398 g/mol. The van der Waals surface area contributed by atoms with E-state index >= 15 is 0 Å². The minimum absolute atomic E-state index is 0.480. The van der Waals surface area contributed by atoms with Gasteiger partial charge in [-0.15, -0.1) is 0 Å². The molecule has 33 heavy (non-hydrogen) atoms. The van der Waals surface area contributed by atoms with Gasteiger partial charge < -0.3 is 0 Å². The highest BCUT2D eigenvalue weighted by molar-refractivity contribution is 5.39. The van der Waals surface area contributed by atoms with Crippen molar-refractivity contribution in [3.8, 4) is 0 Å². The van der Waals surface area contributed by atoms with Crippen molar-refractivity contribution in [1.82, 2.24) is 4.90 Å². The number of rotatable bonds is 10. The summed E-state index contributed by atoms with van der Waals surface area (Å²) >= 11 is 0. The van der Waals surface area contributed by atoms with Gasteiger partial charge in [0.05, 0.1) is 0 Å². The highest BCUT2D eigenvalue weighted by Crippen LogP contribution is 2.32. The molecule has 0 fully saturated rings. The predicted octanol–water partition coefficient (Wildman–Crippen LogP) is 7.46. The zero-order valence-corrected chi connectivity index (χ0v) is 20.6. The summed E-state index contributed by atoms with van der Waals surface area (Å²) in [5.74, 6) is 0.480. The summed E-state index contributed by atoms with van der Waals surface area (Å²) in [6.07, 6.45) is 10.6. The monoisotopic (exact) mass is 437 g/mol. The molecule has 0 radical (unpaired) electrons. The molecule has 0 amide bonds. The number of hydrogen-bond donors (Lipinski definition) is 0. The summed E-state index contributed by atoms with van der Waals surface area (Å²) in [6.45, 7) is 9.12. The van der Waals surface area contributed by atoms with E-state index in [1.807, 2.05) is 0 Å². The Labute approximate surface area is 201 Å². The zero-order valence-electron chi connectivity index (χ0n) is 20.6. The SMILES string of the molecule is Cc1cccc(CCCN(CCCc2cccc(C)c2)C(C)C2C=CCc3ccccc32)c1. The maximum absolute atomic E-state index is 2.75. The molecule has 3 aromatic carbocycles. The first-order chi connectivity index (χ1) is 16.1. The highest BCUT2D eigenvalue weighted by Gasteiger charge is 2.26. The molecule has 0 saturated heterocycles. The smallest absolute Gasteiger partial charge is 0.0174 e. The van der Waals surface area contributed by atoms with Crippen LogP contribution < -0.4 is 0 Å². The summed E-state index contributed by atoms with van der Waals surface area (Å²) < 4.78 is 0. The van der Waals surface area contributed by atoms with Crippen LogP contribution in [0.5, 0.6) is 0 Å². The lowest BCUT2D eigenvalue weighted by Crippen LogP contribution is -2.39. The Balaban J connectivity index is 1.43. The molecule has 0 aromatic heterocycles. The molecule has 2 atom stereocenters. The van der Waals surface area contributed by atoms with Crippen molar-refractivity contribution in [3.63, 3.8) is 0 Å². The molecule has 1 nitrogen and oxygen atoms in total. The number of hydrogen-bond acceptors (Lipinski definition) is 1. The van der Waals surface area contributed by atoms with Gasteiger partial charge >= 0.3 is 0 Å². The van der Waals surface area contributed by atoms with Gasteiger partial charge in [-0.25, -0.2) is 0 Å². The van der Waals surface area contributed by atoms with E-state index in [-0.39, 0.29) is 0 Å². The normalized spacial score (nSPS) is 16.1. The third-order valence-electron chi connectivity index (χ3n) is 7.18. The van der Waals surface area contributed by atoms with Crippen LogP contribution in [0, 0.1) is 13.8 Å². The molecular formula is C32H39N. The van der Waals surface area contributed by atoms with Crippen LogP contribution in [0.1, 0.15) is 59.1 Å². The lowest BCUT2D eigenvalue weighted by Gasteiger charge is -2.36. The van der Waals surface area contributed by atoms with Crippen molar-refractivity contribution in [2.24, 2.45) is 0 Å². The van der Waals surface area contributed by atoms with Crippen LogP contribution in [0.4, 0.5) is 0 Å². The van der Waals surface area contributed by atoms with Gasteiger partial charge in [0.1, 0.15) is 0 Å². The van der Waals surface area contributed by atoms with Gasteiger partial charge in [0.15, 0.2) is 0 Å². The van der Waals surface area contributed by atoms with E-state index in [1.54, 1.807) is 0 Å². The van der Waals surface area contributed by atoms with Gasteiger partial charge in [-0.3, -0.25) is 4.90 Å². The molecule has 3 aromatic rings. The predicted molar refractivity (Wildman–Crippen MR) is 142 cm³/mol. The summed E-state index contributed by atoms with van der Waals surface area (Å²) in [7, 11) is 0. The van der Waals surface area contributed by atoms with E-state index in [1.165, 1.54) is 46.2 Å². The second-order valence-corrected chi connectivity index (χ2v) is 9.82. The van der Waals surface area contributed by atoms with E-state index in [9.17, 15) is 0 Å². The Morgan fingerprint density at radius 3 is 2.00 bits per heavy atom. The Kier molecular flexibility index (Phi) is 8.18. The number of fused-ring (bicyclic) bond motifs is 1. The van der Waals surface area contributed by atoms with Gasteiger partial charge in [-0.2, -0.15) is 0 Å². The molecule has 172 valence electrons. The van der Waals surface area contributed by atoms with Crippen LogP contribution in [-0.2, 0) is 19.3 Å². The van der Waals surface area contributed by atoms with Crippen molar-refractivity contribution in [1.29, 1.82) is 0 Å². The van der Waals surface area contributed by atoms with Gasteiger partial charge in [0.2, 0.25) is 0 Å². The van der Waals surface area contributed by atoms with Crippen molar-refractivity contribution < 1.29 is 0 Å². The molecule has 2 unspecified atom stereocenters. The second kappa shape index (κ2) is 11.5. The third-order valence-corrected chi connectivity index (χ3v) is 7.18. The molecule has 0 bridgehead atoms. The number of aryl methyl sites for hydroxylation is 4. The average molecular weight is 438 g/mol. The lowest BCUT2D eigenvalue weighted by atomic mass is 9.83. The maximum Gasteiger partial charge on any atom is 0.0174 e. The maximum atomic E-state index is 2.75. The van der Waals surface area contributed by atoms with E-state index in [0.717, 1.165) is 32.4 Å². The van der Waals surface area contributed by atoms with Crippen LogP contribution in [0.2, 0.25) is 0 Å². The number of nitrogens with zero attached hydrogens (tertiary/aromatic N) is 1. The number of allylic oxidation sites excluding steroid dienone is 1. The van der Waals surface area contributed by atoms with E-state index in [2.05, 4.69) is 111 Å². The van der Waals surface area contributed by atoms with Crippen LogP contribution in [0.15, 0.2) is 84.9 Å². The Morgan fingerprint density at radius 1 is 0.788 bits per heavy atom. The van der Waals surface area contributed by atoms with E-state index < -0.39 is 0 Å². The van der Waals surface area contributed by atoms with Gasteiger partial charge in [-0.1, -0.05) is 96.1 Å². The molecule has 1 heteroatoms.